The monoisotopic (exact) mass is 392 g/mol. The molecule has 0 saturated heterocycles. The van der Waals surface area contributed by atoms with E-state index in [1.54, 1.807) is 18.9 Å². The fraction of sp³-hybridized carbons (Fsp3) is 0.273. The SMILES string of the molecule is COC[C@@H](C)N=C1NN=C(c2c(-c3ccccc3)n(C)c3ccccc23)CS1. The van der Waals surface area contributed by atoms with Crippen LogP contribution in [-0.4, -0.2) is 41.0 Å². The lowest BCUT2D eigenvalue weighted by molar-refractivity contribution is 0.186. The van der Waals surface area contributed by atoms with E-state index >= 15 is 0 Å². The van der Waals surface area contributed by atoms with Gasteiger partial charge in [0.25, 0.3) is 0 Å². The molecule has 0 fully saturated rings. The smallest absolute Gasteiger partial charge is 0.177 e. The number of thioether (sulfide) groups is 1. The number of para-hydroxylation sites is 1. The number of aromatic nitrogens is 1. The van der Waals surface area contributed by atoms with Crippen molar-refractivity contribution < 1.29 is 4.74 Å². The molecule has 4 rings (SSSR count). The largest absolute Gasteiger partial charge is 0.382 e. The second-order valence-corrected chi connectivity index (χ2v) is 7.83. The van der Waals surface area contributed by atoms with Gasteiger partial charge in [-0.15, -0.1) is 0 Å². The van der Waals surface area contributed by atoms with Crippen LogP contribution in [0.4, 0.5) is 0 Å². The number of aliphatic imine (C=N–C) groups is 1. The molecule has 1 aliphatic rings. The van der Waals surface area contributed by atoms with Crippen molar-refractivity contribution in [1.29, 1.82) is 0 Å². The van der Waals surface area contributed by atoms with E-state index in [2.05, 4.69) is 70.6 Å². The van der Waals surface area contributed by atoms with Crippen molar-refractivity contribution in [3.8, 4) is 11.3 Å². The number of hydrogen-bond acceptors (Lipinski definition) is 4. The summed E-state index contributed by atoms with van der Waals surface area (Å²) >= 11 is 1.69. The van der Waals surface area contributed by atoms with E-state index in [-0.39, 0.29) is 6.04 Å². The molecule has 2 aromatic carbocycles. The molecule has 0 unspecified atom stereocenters. The topological polar surface area (TPSA) is 50.9 Å². The predicted molar refractivity (Wildman–Crippen MR) is 119 cm³/mol. The summed E-state index contributed by atoms with van der Waals surface area (Å²) in [6.45, 7) is 2.64. The number of ether oxygens (including phenoxy) is 1. The average molecular weight is 393 g/mol. The normalized spacial score (nSPS) is 16.8. The molecule has 1 atom stereocenters. The van der Waals surface area contributed by atoms with Crippen molar-refractivity contribution in [2.24, 2.45) is 17.1 Å². The van der Waals surface area contributed by atoms with E-state index in [9.17, 15) is 0 Å². The fourth-order valence-electron chi connectivity index (χ4n) is 3.61. The Labute approximate surface area is 169 Å². The molecule has 2 heterocycles. The van der Waals surface area contributed by atoms with Crippen molar-refractivity contribution in [3.63, 3.8) is 0 Å². The average Bonchev–Trinajstić information content (AvgIpc) is 3.02. The highest BCUT2D eigenvalue weighted by atomic mass is 32.2. The van der Waals surface area contributed by atoms with E-state index in [1.165, 1.54) is 27.7 Å². The summed E-state index contributed by atoms with van der Waals surface area (Å²) in [6.07, 6.45) is 0. The maximum Gasteiger partial charge on any atom is 0.177 e. The molecule has 0 saturated carbocycles. The van der Waals surface area contributed by atoms with Gasteiger partial charge in [-0.3, -0.25) is 10.4 Å². The molecule has 1 aromatic heterocycles. The van der Waals surface area contributed by atoms with E-state index in [4.69, 9.17) is 9.84 Å². The van der Waals surface area contributed by atoms with Crippen molar-refractivity contribution in [1.82, 2.24) is 9.99 Å². The third-order valence-electron chi connectivity index (χ3n) is 4.82. The molecule has 3 aromatic rings. The zero-order valence-electron chi connectivity index (χ0n) is 16.3. The van der Waals surface area contributed by atoms with E-state index in [0.717, 1.165) is 16.6 Å². The first-order valence-corrected chi connectivity index (χ1v) is 10.3. The third kappa shape index (κ3) is 3.57. The van der Waals surface area contributed by atoms with Crippen molar-refractivity contribution >= 4 is 33.5 Å². The van der Waals surface area contributed by atoms with Crippen molar-refractivity contribution in [3.05, 3.63) is 60.2 Å². The quantitative estimate of drug-likeness (QED) is 0.705. The number of nitrogens with one attached hydrogen (secondary N) is 1. The van der Waals surface area contributed by atoms with Crippen LogP contribution in [0.25, 0.3) is 22.2 Å². The minimum atomic E-state index is 0.106. The highest BCUT2D eigenvalue weighted by molar-refractivity contribution is 8.14. The first kappa shape index (κ1) is 18.8. The maximum absolute atomic E-state index is 5.17. The molecule has 28 heavy (non-hydrogen) atoms. The highest BCUT2D eigenvalue weighted by Crippen LogP contribution is 2.34. The molecule has 1 aliphatic heterocycles. The Hall–Kier alpha value is -2.57. The summed E-state index contributed by atoms with van der Waals surface area (Å²) in [5, 5.41) is 6.77. The van der Waals surface area contributed by atoms with Crippen molar-refractivity contribution in [2.75, 3.05) is 19.5 Å². The van der Waals surface area contributed by atoms with Crippen LogP contribution in [0.1, 0.15) is 12.5 Å². The summed E-state index contributed by atoms with van der Waals surface area (Å²) in [6, 6.07) is 19.1. The molecule has 0 spiro atoms. The number of nitrogens with zero attached hydrogens (tertiary/aromatic N) is 3. The van der Waals surface area contributed by atoms with Gasteiger partial charge in [0.1, 0.15) is 0 Å². The molecular weight excluding hydrogens is 368 g/mol. The summed E-state index contributed by atoms with van der Waals surface area (Å²) in [7, 11) is 3.82. The van der Waals surface area contributed by atoms with Gasteiger partial charge in [0, 0.05) is 36.4 Å². The summed E-state index contributed by atoms with van der Waals surface area (Å²) in [5.41, 5.74) is 8.96. The Balaban J connectivity index is 1.78. The van der Waals surface area contributed by atoms with E-state index in [0.29, 0.717) is 6.61 Å². The number of hydrazone groups is 1. The first-order valence-electron chi connectivity index (χ1n) is 9.34. The zero-order chi connectivity index (χ0) is 19.5. The van der Waals surface area contributed by atoms with Gasteiger partial charge >= 0.3 is 0 Å². The summed E-state index contributed by atoms with van der Waals surface area (Å²) in [5.74, 6) is 0.777. The minimum Gasteiger partial charge on any atom is -0.382 e. The van der Waals surface area contributed by atoms with Gasteiger partial charge in [0.2, 0.25) is 0 Å². The number of rotatable bonds is 5. The number of aryl methyl sites for hydroxylation is 1. The van der Waals surface area contributed by atoms with Crippen LogP contribution in [0.2, 0.25) is 0 Å². The van der Waals surface area contributed by atoms with E-state index in [1.807, 2.05) is 13.0 Å². The predicted octanol–water partition coefficient (Wildman–Crippen LogP) is 4.28. The first-order chi connectivity index (χ1) is 13.7. The van der Waals surface area contributed by atoms with Gasteiger partial charge in [-0.2, -0.15) is 5.10 Å². The Morgan fingerprint density at radius 1 is 1.18 bits per heavy atom. The van der Waals surface area contributed by atoms with Crippen LogP contribution in [0.3, 0.4) is 0 Å². The van der Waals surface area contributed by atoms with Crippen molar-refractivity contribution in [2.45, 2.75) is 13.0 Å². The number of fused-ring (bicyclic) bond motifs is 1. The molecule has 0 radical (unpaired) electrons. The second kappa shape index (κ2) is 8.20. The molecular formula is C22H24N4OS. The molecule has 0 bridgehead atoms. The third-order valence-corrected chi connectivity index (χ3v) is 5.71. The Morgan fingerprint density at radius 2 is 1.93 bits per heavy atom. The van der Waals surface area contributed by atoms with Gasteiger partial charge in [0.05, 0.1) is 24.1 Å². The van der Waals surface area contributed by atoms with Gasteiger partial charge in [-0.05, 0) is 18.6 Å². The Bertz CT molecular complexity index is 1040. The number of benzene rings is 2. The van der Waals surface area contributed by atoms with Crippen LogP contribution < -0.4 is 5.43 Å². The minimum absolute atomic E-state index is 0.106. The van der Waals surface area contributed by atoms with Gasteiger partial charge in [-0.1, -0.05) is 60.3 Å². The number of methoxy groups -OCH3 is 1. The molecule has 0 aliphatic carbocycles. The van der Waals surface area contributed by atoms with Crippen LogP contribution in [-0.2, 0) is 11.8 Å². The Morgan fingerprint density at radius 3 is 2.64 bits per heavy atom. The Kier molecular flexibility index (Phi) is 5.50. The highest BCUT2D eigenvalue weighted by Gasteiger charge is 2.23. The van der Waals surface area contributed by atoms with Crippen LogP contribution >= 0.6 is 11.8 Å². The lowest BCUT2D eigenvalue weighted by Gasteiger charge is -2.17. The van der Waals surface area contributed by atoms with Crippen LogP contribution in [0.15, 0.2) is 64.7 Å². The molecule has 5 nitrogen and oxygen atoms in total. The standard InChI is InChI=1S/C22H24N4OS/c1-15(13-27-3)23-22-25-24-18(14-28-22)20-17-11-7-8-12-19(17)26(2)21(20)16-9-5-4-6-10-16/h4-12,15H,13-14H2,1-3H3,(H,23,25)/t15-/m1/s1. The zero-order valence-corrected chi connectivity index (χ0v) is 17.2. The molecule has 144 valence electrons. The lowest BCUT2D eigenvalue weighted by Crippen LogP contribution is -2.27. The van der Waals surface area contributed by atoms with Gasteiger partial charge in [-0.25, -0.2) is 0 Å². The van der Waals surface area contributed by atoms with Gasteiger partial charge in [0.15, 0.2) is 5.17 Å². The fourth-order valence-corrected chi connectivity index (χ4v) is 4.46. The molecule has 1 N–H and O–H groups in total. The molecule has 0 amide bonds. The second-order valence-electron chi connectivity index (χ2n) is 6.86. The summed E-state index contributed by atoms with van der Waals surface area (Å²) < 4.78 is 7.43. The molecule has 6 heteroatoms. The van der Waals surface area contributed by atoms with Crippen LogP contribution in [0, 0.1) is 0 Å². The van der Waals surface area contributed by atoms with Gasteiger partial charge < -0.3 is 9.30 Å². The maximum atomic E-state index is 5.17. The summed E-state index contributed by atoms with van der Waals surface area (Å²) in [4.78, 5) is 4.63. The van der Waals surface area contributed by atoms with Crippen LogP contribution in [0.5, 0.6) is 0 Å². The number of hydrogen-bond donors (Lipinski definition) is 1. The number of amidine groups is 1. The van der Waals surface area contributed by atoms with E-state index < -0.39 is 0 Å². The lowest BCUT2D eigenvalue weighted by atomic mass is 10.0.